The molecule has 33 heavy (non-hydrogen) atoms. The van der Waals surface area contributed by atoms with Crippen molar-refractivity contribution in [1.29, 1.82) is 0 Å². The minimum Gasteiger partial charge on any atom is -0.366 e. The molecule has 0 radical (unpaired) electrons. The molecule has 1 aliphatic rings. The van der Waals surface area contributed by atoms with Crippen molar-refractivity contribution in [3.8, 4) is 11.8 Å². The number of pyridine rings is 1. The van der Waals surface area contributed by atoms with Crippen molar-refractivity contribution < 1.29 is 9.72 Å². The third-order valence-electron chi connectivity index (χ3n) is 5.68. The number of piperidine rings is 1. The van der Waals surface area contributed by atoms with Crippen LogP contribution in [-0.4, -0.2) is 28.9 Å². The molecule has 2 heterocycles. The smallest absolute Gasteiger partial charge is 0.293 e. The van der Waals surface area contributed by atoms with Crippen molar-refractivity contribution in [2.24, 2.45) is 5.92 Å². The van der Waals surface area contributed by atoms with E-state index in [-0.39, 0.29) is 11.3 Å². The molecule has 1 aliphatic heterocycles. The number of hydrogen-bond donors (Lipinski definition) is 1. The number of rotatable bonds is 4. The fourth-order valence-electron chi connectivity index (χ4n) is 3.78. The van der Waals surface area contributed by atoms with Gasteiger partial charge in [0, 0.05) is 42.2 Å². The molecule has 0 bridgehead atoms. The third-order valence-corrected chi connectivity index (χ3v) is 5.68. The highest BCUT2D eigenvalue weighted by Crippen LogP contribution is 2.32. The Hall–Kier alpha value is -4.18. The number of benzene rings is 2. The maximum atomic E-state index is 12.8. The van der Waals surface area contributed by atoms with Gasteiger partial charge in [0.05, 0.1) is 4.92 Å². The van der Waals surface area contributed by atoms with Gasteiger partial charge >= 0.3 is 0 Å². The van der Waals surface area contributed by atoms with Crippen LogP contribution in [0, 0.1) is 27.9 Å². The standard InChI is InChI=1S/C26H24N4O3/c1-19-12-15-29(16-13-19)24-11-9-21(18-25(24)30(32)33)26(31)28-23-7-4-5-20(17-23)8-10-22-6-2-3-14-27-22/h2-7,9,11,14,17-19H,12-13,15-16H2,1H3,(H,28,31). The summed E-state index contributed by atoms with van der Waals surface area (Å²) in [5.74, 6) is 6.22. The lowest BCUT2D eigenvalue weighted by Crippen LogP contribution is -2.33. The van der Waals surface area contributed by atoms with E-state index in [1.54, 1.807) is 36.5 Å². The largest absolute Gasteiger partial charge is 0.366 e. The van der Waals surface area contributed by atoms with E-state index in [2.05, 4.69) is 29.1 Å². The summed E-state index contributed by atoms with van der Waals surface area (Å²) in [4.78, 5) is 30.3. The van der Waals surface area contributed by atoms with Gasteiger partial charge in [-0.05, 0) is 67.1 Å². The molecular weight excluding hydrogens is 416 g/mol. The van der Waals surface area contributed by atoms with Gasteiger partial charge < -0.3 is 10.2 Å². The first-order valence-corrected chi connectivity index (χ1v) is 10.9. The Morgan fingerprint density at radius 3 is 2.64 bits per heavy atom. The number of nitrogens with zero attached hydrogens (tertiary/aromatic N) is 3. The maximum Gasteiger partial charge on any atom is 0.293 e. The number of carbonyl (C=O) groups excluding carboxylic acids is 1. The summed E-state index contributed by atoms with van der Waals surface area (Å²) in [6.07, 6.45) is 3.68. The van der Waals surface area contributed by atoms with Crippen LogP contribution in [0.2, 0.25) is 0 Å². The summed E-state index contributed by atoms with van der Waals surface area (Å²) in [5, 5.41) is 14.5. The number of anilines is 2. The maximum absolute atomic E-state index is 12.8. The van der Waals surface area contributed by atoms with Crippen LogP contribution in [0.3, 0.4) is 0 Å². The van der Waals surface area contributed by atoms with Crippen LogP contribution < -0.4 is 10.2 Å². The van der Waals surface area contributed by atoms with Gasteiger partial charge in [0.2, 0.25) is 0 Å². The highest BCUT2D eigenvalue weighted by molar-refractivity contribution is 6.05. The lowest BCUT2D eigenvalue weighted by atomic mass is 9.98. The van der Waals surface area contributed by atoms with Gasteiger partial charge in [-0.15, -0.1) is 0 Å². The first kappa shape index (κ1) is 22.0. The van der Waals surface area contributed by atoms with Gasteiger partial charge in [0.15, 0.2) is 0 Å². The molecule has 1 fully saturated rings. The van der Waals surface area contributed by atoms with E-state index in [1.165, 1.54) is 6.07 Å². The highest BCUT2D eigenvalue weighted by Gasteiger charge is 2.24. The third kappa shape index (κ3) is 5.55. The first-order valence-electron chi connectivity index (χ1n) is 10.9. The van der Waals surface area contributed by atoms with Crippen molar-refractivity contribution in [2.45, 2.75) is 19.8 Å². The molecule has 1 aromatic heterocycles. The summed E-state index contributed by atoms with van der Waals surface area (Å²) < 4.78 is 0. The van der Waals surface area contributed by atoms with Crippen LogP contribution in [0.5, 0.6) is 0 Å². The average molecular weight is 441 g/mol. The SMILES string of the molecule is CC1CCN(c2ccc(C(=O)Nc3cccc(C#Cc4ccccn4)c3)cc2[N+](=O)[O-])CC1. The Labute approximate surface area is 192 Å². The van der Waals surface area contributed by atoms with Gasteiger partial charge in [-0.25, -0.2) is 4.98 Å². The van der Waals surface area contributed by atoms with Gasteiger partial charge in [0.1, 0.15) is 11.4 Å². The molecule has 3 aromatic rings. The van der Waals surface area contributed by atoms with E-state index < -0.39 is 10.8 Å². The van der Waals surface area contributed by atoms with E-state index in [0.717, 1.165) is 31.5 Å². The van der Waals surface area contributed by atoms with Gasteiger partial charge in [0.25, 0.3) is 11.6 Å². The lowest BCUT2D eigenvalue weighted by Gasteiger charge is -2.31. The highest BCUT2D eigenvalue weighted by atomic mass is 16.6. The van der Waals surface area contributed by atoms with E-state index in [1.807, 2.05) is 29.2 Å². The second-order valence-corrected chi connectivity index (χ2v) is 8.13. The molecule has 1 N–H and O–H groups in total. The normalized spacial score (nSPS) is 13.7. The minimum atomic E-state index is -0.419. The minimum absolute atomic E-state index is 0.0489. The number of hydrogen-bond acceptors (Lipinski definition) is 5. The number of aromatic nitrogens is 1. The molecule has 1 amide bonds. The molecule has 0 saturated carbocycles. The molecule has 7 nitrogen and oxygen atoms in total. The topological polar surface area (TPSA) is 88.4 Å². The monoisotopic (exact) mass is 440 g/mol. The summed E-state index contributed by atoms with van der Waals surface area (Å²) >= 11 is 0. The van der Waals surface area contributed by atoms with Crippen LogP contribution in [0.1, 0.15) is 41.4 Å². The predicted molar refractivity (Wildman–Crippen MR) is 128 cm³/mol. The van der Waals surface area contributed by atoms with Crippen LogP contribution in [-0.2, 0) is 0 Å². The summed E-state index contributed by atoms with van der Waals surface area (Å²) in [6, 6.07) is 17.3. The van der Waals surface area contributed by atoms with Crippen molar-refractivity contribution >= 4 is 23.0 Å². The Kier molecular flexibility index (Phi) is 6.65. The molecule has 7 heteroatoms. The number of carbonyl (C=O) groups is 1. The fraction of sp³-hybridized carbons (Fsp3) is 0.231. The number of nitrogens with one attached hydrogen (secondary N) is 1. The van der Waals surface area contributed by atoms with Crippen LogP contribution in [0.25, 0.3) is 0 Å². The zero-order valence-corrected chi connectivity index (χ0v) is 18.3. The van der Waals surface area contributed by atoms with E-state index in [4.69, 9.17) is 0 Å². The molecule has 0 unspecified atom stereocenters. The van der Waals surface area contributed by atoms with Gasteiger partial charge in [-0.1, -0.05) is 25.0 Å². The van der Waals surface area contributed by atoms with Gasteiger partial charge in [-0.3, -0.25) is 14.9 Å². The zero-order chi connectivity index (χ0) is 23.2. The number of amides is 1. The Bertz CT molecular complexity index is 1220. The Morgan fingerprint density at radius 2 is 1.91 bits per heavy atom. The van der Waals surface area contributed by atoms with Crippen molar-refractivity contribution in [3.05, 3.63) is 93.8 Å². The Balaban J connectivity index is 1.51. The lowest BCUT2D eigenvalue weighted by molar-refractivity contribution is -0.384. The number of nitro groups is 1. The zero-order valence-electron chi connectivity index (χ0n) is 18.3. The van der Waals surface area contributed by atoms with E-state index >= 15 is 0 Å². The molecule has 0 spiro atoms. The summed E-state index contributed by atoms with van der Waals surface area (Å²) in [6.45, 7) is 3.75. The first-order chi connectivity index (χ1) is 16.0. The summed E-state index contributed by atoms with van der Waals surface area (Å²) in [5.41, 5.74) is 2.69. The van der Waals surface area contributed by atoms with Crippen molar-refractivity contribution in [3.63, 3.8) is 0 Å². The molecule has 2 aromatic carbocycles. The molecule has 1 saturated heterocycles. The van der Waals surface area contributed by atoms with Crippen LogP contribution >= 0.6 is 0 Å². The summed E-state index contributed by atoms with van der Waals surface area (Å²) in [7, 11) is 0. The molecule has 0 aliphatic carbocycles. The van der Waals surface area contributed by atoms with Crippen molar-refractivity contribution in [1.82, 2.24) is 4.98 Å². The predicted octanol–water partition coefficient (Wildman–Crippen LogP) is 4.88. The molecular formula is C26H24N4O3. The van der Waals surface area contributed by atoms with E-state index in [0.29, 0.717) is 23.0 Å². The molecule has 4 rings (SSSR count). The fourth-order valence-corrected chi connectivity index (χ4v) is 3.78. The van der Waals surface area contributed by atoms with E-state index in [9.17, 15) is 14.9 Å². The average Bonchev–Trinajstić information content (AvgIpc) is 2.84. The molecule has 0 atom stereocenters. The molecule has 166 valence electrons. The second kappa shape index (κ2) is 9.96. The Morgan fingerprint density at radius 1 is 1.09 bits per heavy atom. The number of nitro benzene ring substituents is 1. The quantitative estimate of drug-likeness (QED) is 0.355. The van der Waals surface area contributed by atoms with Gasteiger partial charge in [-0.2, -0.15) is 0 Å². The second-order valence-electron chi connectivity index (χ2n) is 8.13. The van der Waals surface area contributed by atoms with Crippen LogP contribution in [0.4, 0.5) is 17.1 Å². The van der Waals surface area contributed by atoms with Crippen molar-refractivity contribution in [2.75, 3.05) is 23.3 Å². The van der Waals surface area contributed by atoms with Crippen LogP contribution in [0.15, 0.2) is 66.9 Å².